The van der Waals surface area contributed by atoms with Crippen molar-refractivity contribution in [2.45, 2.75) is 13.0 Å². The summed E-state index contributed by atoms with van der Waals surface area (Å²) in [5.74, 6) is -0.313. The maximum Gasteiger partial charge on any atom is 0.126 e. The molecule has 0 saturated heterocycles. The lowest BCUT2D eigenvalue weighted by atomic mass is 10.0. The molecule has 1 aromatic carbocycles. The maximum absolute atomic E-state index is 13.3. The quantitative estimate of drug-likeness (QED) is 0.838. The highest BCUT2D eigenvalue weighted by molar-refractivity contribution is 5.29. The van der Waals surface area contributed by atoms with Crippen molar-refractivity contribution in [2.75, 3.05) is 0 Å². The van der Waals surface area contributed by atoms with Crippen LogP contribution in [0.3, 0.4) is 0 Å². The van der Waals surface area contributed by atoms with Crippen LogP contribution in [0.25, 0.3) is 0 Å². The SMILES string of the molecule is Cc1ccc([C@@H](O)c2ccccn2)cc1F. The number of aromatic nitrogens is 1. The van der Waals surface area contributed by atoms with Gasteiger partial charge in [-0.05, 0) is 36.2 Å². The van der Waals surface area contributed by atoms with Crippen molar-refractivity contribution < 1.29 is 9.50 Å². The summed E-state index contributed by atoms with van der Waals surface area (Å²) < 4.78 is 13.3. The van der Waals surface area contributed by atoms with Gasteiger partial charge in [0.15, 0.2) is 0 Å². The first kappa shape index (κ1) is 10.8. The third-order valence-corrected chi connectivity index (χ3v) is 2.48. The van der Waals surface area contributed by atoms with Crippen LogP contribution >= 0.6 is 0 Å². The van der Waals surface area contributed by atoms with Gasteiger partial charge in [-0.1, -0.05) is 18.2 Å². The van der Waals surface area contributed by atoms with E-state index in [1.807, 2.05) is 0 Å². The van der Waals surface area contributed by atoms with Crippen LogP contribution < -0.4 is 0 Å². The Morgan fingerprint density at radius 2 is 2.06 bits per heavy atom. The van der Waals surface area contributed by atoms with Gasteiger partial charge < -0.3 is 5.11 Å². The van der Waals surface area contributed by atoms with Gasteiger partial charge in [0.05, 0.1) is 5.69 Å². The number of hydrogen-bond donors (Lipinski definition) is 1. The van der Waals surface area contributed by atoms with E-state index in [-0.39, 0.29) is 5.82 Å². The molecule has 1 aromatic heterocycles. The molecule has 0 saturated carbocycles. The number of halogens is 1. The van der Waals surface area contributed by atoms with Gasteiger partial charge >= 0.3 is 0 Å². The molecule has 0 unspecified atom stereocenters. The lowest BCUT2D eigenvalue weighted by Gasteiger charge is -2.10. The molecule has 0 bridgehead atoms. The number of benzene rings is 1. The van der Waals surface area contributed by atoms with E-state index in [1.165, 1.54) is 6.07 Å². The van der Waals surface area contributed by atoms with Crippen LogP contribution in [0.4, 0.5) is 4.39 Å². The summed E-state index contributed by atoms with van der Waals surface area (Å²) in [6.45, 7) is 1.69. The molecule has 0 radical (unpaired) electrons. The first-order valence-corrected chi connectivity index (χ1v) is 5.03. The van der Waals surface area contributed by atoms with E-state index in [1.54, 1.807) is 43.5 Å². The number of pyridine rings is 1. The van der Waals surface area contributed by atoms with E-state index in [9.17, 15) is 9.50 Å². The molecular formula is C13H12FNO. The van der Waals surface area contributed by atoms with Crippen LogP contribution in [-0.2, 0) is 0 Å². The average Bonchev–Trinajstić information content (AvgIpc) is 2.33. The number of aryl methyl sites for hydroxylation is 1. The van der Waals surface area contributed by atoms with Gasteiger partial charge in [0.1, 0.15) is 11.9 Å². The number of rotatable bonds is 2. The fraction of sp³-hybridized carbons (Fsp3) is 0.154. The molecule has 1 atom stereocenters. The average molecular weight is 217 g/mol. The van der Waals surface area contributed by atoms with Crippen molar-refractivity contribution in [3.8, 4) is 0 Å². The highest BCUT2D eigenvalue weighted by Crippen LogP contribution is 2.21. The van der Waals surface area contributed by atoms with Crippen LogP contribution in [0.1, 0.15) is 22.9 Å². The minimum atomic E-state index is -0.878. The lowest BCUT2D eigenvalue weighted by molar-refractivity contribution is 0.215. The maximum atomic E-state index is 13.3. The number of aliphatic hydroxyl groups is 1. The van der Waals surface area contributed by atoms with Crippen molar-refractivity contribution in [3.63, 3.8) is 0 Å². The highest BCUT2D eigenvalue weighted by Gasteiger charge is 2.12. The Morgan fingerprint density at radius 3 is 2.69 bits per heavy atom. The summed E-state index contributed by atoms with van der Waals surface area (Å²) in [5.41, 5.74) is 1.60. The van der Waals surface area contributed by atoms with Crippen LogP contribution in [0.15, 0.2) is 42.6 Å². The van der Waals surface area contributed by atoms with E-state index in [2.05, 4.69) is 4.98 Å². The monoisotopic (exact) mass is 217 g/mol. The molecule has 2 nitrogen and oxygen atoms in total. The van der Waals surface area contributed by atoms with E-state index >= 15 is 0 Å². The number of nitrogens with zero attached hydrogens (tertiary/aromatic N) is 1. The minimum Gasteiger partial charge on any atom is -0.382 e. The molecule has 16 heavy (non-hydrogen) atoms. The topological polar surface area (TPSA) is 33.1 Å². The zero-order valence-corrected chi connectivity index (χ0v) is 8.89. The second-order valence-electron chi connectivity index (χ2n) is 3.67. The fourth-order valence-electron chi connectivity index (χ4n) is 1.49. The molecule has 3 heteroatoms. The normalized spacial score (nSPS) is 12.4. The van der Waals surface area contributed by atoms with Crippen molar-refractivity contribution in [3.05, 3.63) is 65.2 Å². The Hall–Kier alpha value is -1.74. The molecule has 1 heterocycles. The van der Waals surface area contributed by atoms with Gasteiger partial charge in [0.25, 0.3) is 0 Å². The summed E-state index contributed by atoms with van der Waals surface area (Å²) >= 11 is 0. The molecule has 0 fully saturated rings. The molecule has 1 N–H and O–H groups in total. The highest BCUT2D eigenvalue weighted by atomic mass is 19.1. The van der Waals surface area contributed by atoms with Crippen molar-refractivity contribution in [2.24, 2.45) is 0 Å². The van der Waals surface area contributed by atoms with E-state index in [0.29, 0.717) is 16.8 Å². The smallest absolute Gasteiger partial charge is 0.126 e. The van der Waals surface area contributed by atoms with Gasteiger partial charge in [-0.15, -0.1) is 0 Å². The van der Waals surface area contributed by atoms with Crippen LogP contribution in [-0.4, -0.2) is 10.1 Å². The van der Waals surface area contributed by atoms with Gasteiger partial charge in [-0.25, -0.2) is 4.39 Å². The predicted molar refractivity (Wildman–Crippen MR) is 59.4 cm³/mol. The first-order valence-electron chi connectivity index (χ1n) is 5.03. The molecule has 0 spiro atoms. The van der Waals surface area contributed by atoms with E-state index in [0.717, 1.165) is 0 Å². The molecule has 82 valence electrons. The van der Waals surface area contributed by atoms with Crippen LogP contribution in [0.2, 0.25) is 0 Å². The van der Waals surface area contributed by atoms with Crippen LogP contribution in [0, 0.1) is 12.7 Å². The second-order valence-corrected chi connectivity index (χ2v) is 3.67. The number of hydrogen-bond acceptors (Lipinski definition) is 2. The molecule has 0 amide bonds. The number of aliphatic hydroxyl groups excluding tert-OH is 1. The second kappa shape index (κ2) is 4.41. The van der Waals surface area contributed by atoms with Gasteiger partial charge in [-0.2, -0.15) is 0 Å². The molecule has 2 rings (SSSR count). The van der Waals surface area contributed by atoms with Crippen molar-refractivity contribution >= 4 is 0 Å². The molecule has 0 aliphatic carbocycles. The predicted octanol–water partition coefficient (Wildman–Crippen LogP) is 2.61. The third kappa shape index (κ3) is 2.09. The summed E-state index contributed by atoms with van der Waals surface area (Å²) in [7, 11) is 0. The molecular weight excluding hydrogens is 205 g/mol. The van der Waals surface area contributed by atoms with E-state index < -0.39 is 6.10 Å². The Morgan fingerprint density at radius 1 is 1.25 bits per heavy atom. The summed E-state index contributed by atoms with van der Waals surface area (Å²) in [5, 5.41) is 9.98. The van der Waals surface area contributed by atoms with Gasteiger partial charge in [-0.3, -0.25) is 4.98 Å². The Kier molecular flexibility index (Phi) is 2.97. The Bertz CT molecular complexity index is 485. The van der Waals surface area contributed by atoms with Gasteiger partial charge in [0.2, 0.25) is 0 Å². The van der Waals surface area contributed by atoms with Crippen LogP contribution in [0.5, 0.6) is 0 Å². The zero-order chi connectivity index (χ0) is 11.5. The molecule has 2 aromatic rings. The van der Waals surface area contributed by atoms with Crippen molar-refractivity contribution in [1.82, 2.24) is 4.98 Å². The first-order chi connectivity index (χ1) is 7.68. The lowest BCUT2D eigenvalue weighted by Crippen LogP contribution is -2.02. The Balaban J connectivity index is 2.34. The summed E-state index contributed by atoms with van der Waals surface area (Å²) in [6, 6.07) is 9.97. The summed E-state index contributed by atoms with van der Waals surface area (Å²) in [6.07, 6.45) is 0.722. The largest absolute Gasteiger partial charge is 0.382 e. The standard InChI is InChI=1S/C13H12FNO/c1-9-5-6-10(8-11(9)14)13(16)12-4-2-3-7-15-12/h2-8,13,16H,1H3/t13-/m1/s1. The van der Waals surface area contributed by atoms with Gasteiger partial charge in [0, 0.05) is 6.20 Å². The minimum absolute atomic E-state index is 0.313. The molecule has 0 aliphatic rings. The summed E-state index contributed by atoms with van der Waals surface area (Å²) in [4.78, 5) is 4.03. The van der Waals surface area contributed by atoms with E-state index in [4.69, 9.17) is 0 Å². The third-order valence-electron chi connectivity index (χ3n) is 2.48. The zero-order valence-electron chi connectivity index (χ0n) is 8.89. The fourth-order valence-corrected chi connectivity index (χ4v) is 1.49. The Labute approximate surface area is 93.4 Å². The molecule has 0 aliphatic heterocycles. The van der Waals surface area contributed by atoms with Crippen molar-refractivity contribution in [1.29, 1.82) is 0 Å².